The zero-order valence-corrected chi connectivity index (χ0v) is 17.2. The molecule has 1 aromatic carbocycles. The second kappa shape index (κ2) is 8.86. The third-order valence-corrected chi connectivity index (χ3v) is 6.37. The lowest BCUT2D eigenvalue weighted by Gasteiger charge is -2.37. The van der Waals surface area contributed by atoms with Gasteiger partial charge in [-0.25, -0.2) is 12.7 Å². The fourth-order valence-electron chi connectivity index (χ4n) is 3.35. The van der Waals surface area contributed by atoms with Gasteiger partial charge in [0.2, 0.25) is 15.9 Å². The van der Waals surface area contributed by atoms with Crippen molar-refractivity contribution in [1.29, 1.82) is 0 Å². The number of sulfonamides is 1. The second-order valence-electron chi connectivity index (χ2n) is 7.00. The third-order valence-electron chi connectivity index (χ3n) is 5.07. The van der Waals surface area contributed by atoms with Crippen molar-refractivity contribution in [1.82, 2.24) is 9.21 Å². The summed E-state index contributed by atoms with van der Waals surface area (Å²) in [5.41, 5.74) is 3.80. The van der Waals surface area contributed by atoms with Gasteiger partial charge in [0.05, 0.1) is 6.26 Å². The van der Waals surface area contributed by atoms with Crippen molar-refractivity contribution in [3.63, 3.8) is 0 Å². The van der Waals surface area contributed by atoms with Crippen molar-refractivity contribution in [3.05, 3.63) is 29.3 Å². The van der Waals surface area contributed by atoms with E-state index in [2.05, 4.69) is 36.9 Å². The van der Waals surface area contributed by atoms with E-state index in [1.54, 1.807) is 0 Å². The number of hydrogen-bond acceptors (Lipinski definition) is 4. The Balaban J connectivity index is 1.89. The van der Waals surface area contributed by atoms with Gasteiger partial charge in [-0.3, -0.25) is 4.79 Å². The van der Waals surface area contributed by atoms with Gasteiger partial charge in [-0.15, -0.1) is 0 Å². The molecule has 0 saturated carbocycles. The number of carbonyl (C=O) groups is 1. The van der Waals surface area contributed by atoms with Crippen LogP contribution < -0.4 is 4.90 Å². The molecule has 0 bridgehead atoms. The summed E-state index contributed by atoms with van der Waals surface area (Å²) in [5, 5.41) is 0. The average Bonchev–Trinajstić information content (AvgIpc) is 2.60. The lowest BCUT2D eigenvalue weighted by Crippen LogP contribution is -2.49. The van der Waals surface area contributed by atoms with Gasteiger partial charge in [-0.05, 0) is 37.5 Å². The fourth-order valence-corrected chi connectivity index (χ4v) is 4.28. The standard InChI is InChI=1S/C19H31N3O3S/c1-5-10-22(26(4,24)25)11-9-19(23)21-14-12-20(13-15-21)18-8-6-7-16(2)17(18)3/h6-8H,5,9-15H2,1-4H3. The van der Waals surface area contributed by atoms with Gasteiger partial charge < -0.3 is 9.80 Å². The molecular weight excluding hydrogens is 350 g/mol. The molecule has 0 N–H and O–H groups in total. The van der Waals surface area contributed by atoms with E-state index in [1.807, 2.05) is 11.8 Å². The van der Waals surface area contributed by atoms with Crippen LogP contribution in [0.4, 0.5) is 5.69 Å². The molecule has 0 radical (unpaired) electrons. The summed E-state index contributed by atoms with van der Waals surface area (Å²) in [6, 6.07) is 6.32. The molecule has 6 nitrogen and oxygen atoms in total. The van der Waals surface area contributed by atoms with E-state index >= 15 is 0 Å². The van der Waals surface area contributed by atoms with Crippen LogP contribution in [0.5, 0.6) is 0 Å². The Morgan fingerprint density at radius 2 is 1.77 bits per heavy atom. The van der Waals surface area contributed by atoms with Crippen LogP contribution in [0, 0.1) is 13.8 Å². The average molecular weight is 382 g/mol. The van der Waals surface area contributed by atoms with Crippen molar-refractivity contribution < 1.29 is 13.2 Å². The normalized spacial score (nSPS) is 15.6. The Morgan fingerprint density at radius 1 is 1.12 bits per heavy atom. The highest BCUT2D eigenvalue weighted by Crippen LogP contribution is 2.24. The molecule has 0 aromatic heterocycles. The SMILES string of the molecule is CCCN(CCC(=O)N1CCN(c2cccc(C)c2C)CC1)S(C)(=O)=O. The number of rotatable bonds is 7. The maximum Gasteiger partial charge on any atom is 0.224 e. The number of aryl methyl sites for hydroxylation is 1. The van der Waals surface area contributed by atoms with E-state index in [1.165, 1.54) is 27.4 Å². The van der Waals surface area contributed by atoms with Gasteiger partial charge in [-0.2, -0.15) is 0 Å². The van der Waals surface area contributed by atoms with Crippen LogP contribution in [0.3, 0.4) is 0 Å². The molecule has 1 aromatic rings. The summed E-state index contributed by atoms with van der Waals surface area (Å²) in [6.07, 6.45) is 2.20. The van der Waals surface area contributed by atoms with E-state index < -0.39 is 10.0 Å². The summed E-state index contributed by atoms with van der Waals surface area (Å²) in [5.74, 6) is 0.0374. The number of carbonyl (C=O) groups excluding carboxylic acids is 1. The first-order valence-electron chi connectivity index (χ1n) is 9.28. The van der Waals surface area contributed by atoms with Crippen molar-refractivity contribution >= 4 is 21.6 Å². The third kappa shape index (κ3) is 5.20. The zero-order chi connectivity index (χ0) is 19.3. The minimum Gasteiger partial charge on any atom is -0.368 e. The van der Waals surface area contributed by atoms with Crippen LogP contribution in [0.1, 0.15) is 30.9 Å². The molecule has 1 heterocycles. The lowest BCUT2D eigenvalue weighted by atomic mass is 10.1. The Kier molecular flexibility index (Phi) is 7.06. The summed E-state index contributed by atoms with van der Waals surface area (Å²) in [4.78, 5) is 16.7. The van der Waals surface area contributed by atoms with Gasteiger partial charge in [0.1, 0.15) is 0 Å². The van der Waals surface area contributed by atoms with Crippen molar-refractivity contribution in [2.24, 2.45) is 0 Å². The van der Waals surface area contributed by atoms with Crippen LogP contribution in [-0.2, 0) is 14.8 Å². The van der Waals surface area contributed by atoms with E-state index in [0.717, 1.165) is 19.5 Å². The van der Waals surface area contributed by atoms with Crippen molar-refractivity contribution in [2.45, 2.75) is 33.6 Å². The smallest absolute Gasteiger partial charge is 0.224 e. The molecule has 1 aliphatic rings. The molecule has 1 aliphatic heterocycles. The Labute approximate surface area is 157 Å². The maximum atomic E-state index is 12.5. The van der Waals surface area contributed by atoms with Crippen LogP contribution in [0.25, 0.3) is 0 Å². The largest absolute Gasteiger partial charge is 0.368 e. The molecular formula is C19H31N3O3S. The number of hydrogen-bond donors (Lipinski definition) is 0. The highest BCUT2D eigenvalue weighted by Gasteiger charge is 2.24. The summed E-state index contributed by atoms with van der Waals surface area (Å²) >= 11 is 0. The van der Waals surface area contributed by atoms with Crippen LogP contribution in [0.2, 0.25) is 0 Å². The first kappa shape index (κ1) is 20.7. The Bertz CT molecular complexity index is 726. The molecule has 0 atom stereocenters. The molecule has 1 amide bonds. The molecule has 1 fully saturated rings. The number of benzene rings is 1. The maximum absolute atomic E-state index is 12.5. The predicted molar refractivity (Wildman–Crippen MR) is 106 cm³/mol. The molecule has 146 valence electrons. The van der Waals surface area contributed by atoms with Crippen LogP contribution in [0.15, 0.2) is 18.2 Å². The summed E-state index contributed by atoms with van der Waals surface area (Å²) in [6.45, 7) is 9.89. The molecule has 0 unspecified atom stereocenters. The number of piperazine rings is 1. The van der Waals surface area contributed by atoms with Gasteiger partial charge in [-0.1, -0.05) is 19.1 Å². The van der Waals surface area contributed by atoms with Crippen LogP contribution >= 0.6 is 0 Å². The quantitative estimate of drug-likeness (QED) is 0.725. The Morgan fingerprint density at radius 3 is 2.35 bits per heavy atom. The minimum absolute atomic E-state index is 0.0374. The number of anilines is 1. The molecule has 26 heavy (non-hydrogen) atoms. The van der Waals surface area contributed by atoms with E-state index in [0.29, 0.717) is 19.6 Å². The van der Waals surface area contributed by atoms with E-state index in [4.69, 9.17) is 0 Å². The summed E-state index contributed by atoms with van der Waals surface area (Å²) in [7, 11) is -3.25. The molecule has 7 heteroatoms. The van der Waals surface area contributed by atoms with Crippen molar-refractivity contribution in [2.75, 3.05) is 50.4 Å². The second-order valence-corrected chi connectivity index (χ2v) is 8.98. The molecule has 0 aliphatic carbocycles. The fraction of sp³-hybridized carbons (Fsp3) is 0.632. The first-order chi connectivity index (χ1) is 12.2. The van der Waals surface area contributed by atoms with E-state index in [9.17, 15) is 13.2 Å². The van der Waals surface area contributed by atoms with Gasteiger partial charge >= 0.3 is 0 Å². The highest BCUT2D eigenvalue weighted by molar-refractivity contribution is 7.88. The zero-order valence-electron chi connectivity index (χ0n) is 16.4. The number of amides is 1. The van der Waals surface area contributed by atoms with Crippen LogP contribution in [-0.4, -0.2) is 69.1 Å². The summed E-state index contributed by atoms with van der Waals surface area (Å²) < 4.78 is 24.9. The monoisotopic (exact) mass is 381 g/mol. The molecule has 2 rings (SSSR count). The molecule has 1 saturated heterocycles. The van der Waals surface area contributed by atoms with Gasteiger partial charge in [0.15, 0.2) is 0 Å². The first-order valence-corrected chi connectivity index (χ1v) is 11.1. The lowest BCUT2D eigenvalue weighted by molar-refractivity contribution is -0.131. The topological polar surface area (TPSA) is 60.9 Å². The minimum atomic E-state index is -3.25. The van der Waals surface area contributed by atoms with Crippen molar-refractivity contribution in [3.8, 4) is 0 Å². The highest BCUT2D eigenvalue weighted by atomic mass is 32.2. The van der Waals surface area contributed by atoms with Gasteiger partial charge in [0.25, 0.3) is 0 Å². The molecule has 0 spiro atoms. The number of nitrogens with zero attached hydrogens (tertiary/aromatic N) is 3. The van der Waals surface area contributed by atoms with E-state index in [-0.39, 0.29) is 18.9 Å². The predicted octanol–water partition coefficient (Wildman–Crippen LogP) is 2.01. The Hall–Kier alpha value is -1.60. The van der Waals surface area contributed by atoms with Gasteiger partial charge in [0, 0.05) is 51.4 Å².